The summed E-state index contributed by atoms with van der Waals surface area (Å²) in [5, 5.41) is 126. The third-order valence-corrected chi connectivity index (χ3v) is 30.9. The Labute approximate surface area is 892 Å². The number of phenols is 2. The Morgan fingerprint density at radius 3 is 0.732 bits per heavy atom. The Bertz CT molecular complexity index is 4480. The molecule has 5 aromatic carbocycles. The van der Waals surface area contributed by atoms with E-state index >= 15 is 0 Å². The van der Waals surface area contributed by atoms with Crippen molar-refractivity contribution in [3.05, 3.63) is 171 Å². The average Bonchev–Trinajstić information content (AvgIpc) is 0.844. The first-order chi connectivity index (χ1) is 72.4. The van der Waals surface area contributed by atoms with Gasteiger partial charge in [0.2, 0.25) is 11.8 Å². The molecule has 0 saturated carbocycles. The van der Waals surface area contributed by atoms with Crippen molar-refractivity contribution in [1.29, 1.82) is 0 Å². The van der Waals surface area contributed by atoms with Crippen LogP contribution in [-0.4, -0.2) is 376 Å². The maximum absolute atomic E-state index is 13.1. The molecule has 31 N–H and O–H groups in total. The van der Waals surface area contributed by atoms with Crippen LogP contribution in [0.25, 0.3) is 0 Å². The second kappa shape index (κ2) is 67.9. The van der Waals surface area contributed by atoms with Gasteiger partial charge in [0.05, 0.1) is 35.0 Å². The Morgan fingerprint density at radius 1 is 0.268 bits per heavy atom. The molecular formula is C113H195N29O7. The first-order valence-electron chi connectivity index (χ1n) is 56.3. The second-order valence-electron chi connectivity index (χ2n) is 43.5. The largest absolute Gasteiger partial charge is 0.508 e. The van der Waals surface area contributed by atoms with Gasteiger partial charge >= 0.3 is 0 Å². The number of phenolic OH excluding ortho intramolecular Hbond substituents is 2. The molecule has 0 unspecified atom stereocenters. The first kappa shape index (κ1) is 123. The van der Waals surface area contributed by atoms with Crippen LogP contribution in [0.5, 0.6) is 11.5 Å². The van der Waals surface area contributed by atoms with Crippen LogP contribution in [0.4, 0.5) is 5.69 Å². The van der Waals surface area contributed by atoms with Gasteiger partial charge in [0, 0.05) is 380 Å². The number of Topliss-reactive ketones (excluding diaryl/α,β-unsaturated/α-hetero) is 1. The molecule has 0 aromatic heterocycles. The summed E-state index contributed by atoms with van der Waals surface area (Å²) in [4.78, 5) is 60.6. The summed E-state index contributed by atoms with van der Waals surface area (Å²) in [6, 6.07) is 35.5. The quantitative estimate of drug-likeness (QED) is 0.0309. The minimum absolute atomic E-state index is 0.0435. The van der Waals surface area contributed by atoms with Crippen LogP contribution >= 0.6 is 0 Å². The number of aryl methyl sites for hydroxylation is 2. The Morgan fingerprint density at radius 2 is 0.490 bits per heavy atom. The summed E-state index contributed by atoms with van der Waals surface area (Å²) < 4.78 is 0. The molecule has 2 amide bonds. The van der Waals surface area contributed by atoms with Crippen LogP contribution in [0.2, 0.25) is 0 Å². The number of benzene rings is 5. The molecule has 149 heavy (non-hydrogen) atoms. The number of hydrogen-bond donors (Lipinski definition) is 31. The maximum atomic E-state index is 13.1. The van der Waals surface area contributed by atoms with Gasteiger partial charge in [-0.15, -0.1) is 0 Å². The first-order valence-corrected chi connectivity index (χ1v) is 56.3. The highest BCUT2D eigenvalue weighted by molar-refractivity contribution is 5.98. The lowest BCUT2D eigenvalue weighted by Crippen LogP contribution is -2.66. The molecular weight excluding hydrogens is 1880 g/mol. The normalized spacial score (nSPS) is 26.7. The van der Waals surface area contributed by atoms with Crippen LogP contribution in [-0.2, 0) is 69.3 Å². The van der Waals surface area contributed by atoms with Crippen molar-refractivity contribution in [2.24, 2.45) is 21.7 Å². The van der Waals surface area contributed by atoms with Gasteiger partial charge < -0.3 is 164 Å². The highest BCUT2D eigenvalue weighted by Crippen LogP contribution is 2.27. The van der Waals surface area contributed by atoms with Gasteiger partial charge in [0.15, 0.2) is 11.6 Å². The van der Waals surface area contributed by atoms with Gasteiger partial charge in [-0.3, -0.25) is 24.0 Å². The van der Waals surface area contributed by atoms with Crippen LogP contribution < -0.4 is 154 Å². The van der Waals surface area contributed by atoms with E-state index in [1.165, 1.54) is 30.2 Å². The van der Waals surface area contributed by atoms with E-state index in [4.69, 9.17) is 0 Å². The van der Waals surface area contributed by atoms with E-state index in [0.29, 0.717) is 38.9 Å². The van der Waals surface area contributed by atoms with Gasteiger partial charge in [-0.25, -0.2) is 0 Å². The predicted molar refractivity (Wildman–Crippen MR) is 608 cm³/mol. The molecule has 36 nitrogen and oxygen atoms in total. The van der Waals surface area contributed by atoms with Crippen molar-refractivity contribution in [2.75, 3.05) is 319 Å². The minimum atomic E-state index is -0.467. The number of carbonyl (C=O) groups excluding carboxylic acids is 5. The highest BCUT2D eigenvalue weighted by atomic mass is 16.3. The van der Waals surface area contributed by atoms with E-state index in [0.717, 1.165) is 384 Å². The van der Waals surface area contributed by atoms with E-state index in [2.05, 4.69) is 230 Å². The number of ketones is 3. The van der Waals surface area contributed by atoms with Crippen molar-refractivity contribution in [2.45, 2.75) is 155 Å². The van der Waals surface area contributed by atoms with Crippen LogP contribution in [0, 0.1) is 35.5 Å². The van der Waals surface area contributed by atoms with Gasteiger partial charge in [-0.2, -0.15) is 0 Å². The topological polar surface area (TPSA) is 475 Å². The number of amides is 2. The van der Waals surface area contributed by atoms with Crippen molar-refractivity contribution in [1.82, 2.24) is 149 Å². The van der Waals surface area contributed by atoms with E-state index in [1.54, 1.807) is 12.1 Å². The molecule has 0 atom stereocenters. The fraction of sp³-hybridized carbons (Fsp3) is 0.673. The number of nitrogens with one attached hydrogen (secondary N) is 29. The number of fused-ring (bicyclic) bond motifs is 60. The summed E-state index contributed by atoms with van der Waals surface area (Å²) in [5.41, 5.74) is 9.53. The summed E-state index contributed by atoms with van der Waals surface area (Å²) in [5.74, 6) is 0.398. The van der Waals surface area contributed by atoms with Gasteiger partial charge in [-0.05, 0) is 133 Å². The SMILES string of the molecule is CCC(=O)Cc1ccc(CNC23CNCCNCC(CC)(CNCCNC2)CNCCNC3)cc1.CCC12CNCCNCC(NC(=O)Cc3ccc(C)c(O)c3)(CNCCNC1)CNCCNC2.CCC12CNCCNCC(NCc3ccc(CC(=O)/C=C/C(C)=O)cc3)(CNCCNC1)CNCCNC2.CCC12CNCCNCC(NCc3ccc(NC(=O)Cc4ccc(C)c(O)c4)cc3)(CNCCNC1)CNCCNC2. The van der Waals surface area contributed by atoms with E-state index < -0.39 is 5.54 Å². The minimum Gasteiger partial charge on any atom is -0.508 e. The number of carbonyl (C=O) groups is 5. The summed E-state index contributed by atoms with van der Waals surface area (Å²) in [6.07, 6.45) is 9.10. The molecule has 12 saturated heterocycles. The third kappa shape index (κ3) is 45.7. The zero-order valence-corrected chi connectivity index (χ0v) is 91.9. The van der Waals surface area contributed by atoms with E-state index in [9.17, 15) is 34.2 Å². The van der Waals surface area contributed by atoms with Crippen molar-refractivity contribution < 1.29 is 34.2 Å². The average molecular weight is 2070 g/mol. The summed E-state index contributed by atoms with van der Waals surface area (Å²) in [7, 11) is 0. The van der Waals surface area contributed by atoms with Crippen LogP contribution in [0.15, 0.2) is 121 Å². The number of rotatable bonds is 26. The molecule has 12 fully saturated rings. The molecule has 36 heteroatoms. The lowest BCUT2D eigenvalue weighted by molar-refractivity contribution is -0.122. The fourth-order valence-corrected chi connectivity index (χ4v) is 20.4. The molecule has 12 aliphatic heterocycles. The standard InChI is InChI=1S/C32H52N8O2.C29H49N7O2.C27H49N7O.C25H45N7O2/c1-3-31-19-33-10-13-36-22-32(23-37-14-11-34-20-31,24-38-15-12-35-21-31)39-18-26-6-8-28(9-7-26)40-30(42)17-27-5-4-25(2)29(41)16-27;1-3-28-18-30-10-13-33-21-29(22-34-14-11-31-19-28,23-35-15-12-32-20-28)36-17-26-7-5-25(6-8-26)16-27(38)9-4-24(2)37;1-3-25(35)15-23-5-7-24(8-6-23)16-34-27-20-31-12-9-28-17-26(4-2,18-29-10-13-32-21-27)19-30-11-14-33-22-27;1-3-24-14-26-6-9-29-17-25(18-30-10-7-27-15-24,19-31-11-8-28-16-24)32-23(34)13-21-5-4-20(2)22(33)12-21/h4-9,16,33-39,41H,3,10-15,17-24H2,1-2H3,(H,40,42);4-9,30-36H,3,10-23H2,1-2H3;5-8,28-34H,3-4,9-22H2,1-2H3;4-5,12,26-31,33H,3,6-11,13-19H2,1-2H3,(H,32,34)/b;9-4+;;. The van der Waals surface area contributed by atoms with Crippen LogP contribution in [0.3, 0.4) is 0 Å². The zero-order valence-electron chi connectivity index (χ0n) is 91.9. The zero-order chi connectivity index (χ0) is 106. The van der Waals surface area contributed by atoms with Gasteiger partial charge in [-0.1, -0.05) is 120 Å². The monoisotopic (exact) mass is 2070 g/mol. The molecule has 834 valence electrons. The Hall–Kier alpha value is -7.69. The number of anilines is 1. The third-order valence-electron chi connectivity index (χ3n) is 30.9. The van der Waals surface area contributed by atoms with Crippen LogP contribution in [0.1, 0.15) is 124 Å². The summed E-state index contributed by atoms with van der Waals surface area (Å²) in [6.45, 7) is 62.3. The lowest BCUT2D eigenvalue weighted by Gasteiger charge is -2.38. The predicted octanol–water partition coefficient (Wildman–Crippen LogP) is -0.538. The van der Waals surface area contributed by atoms with Gasteiger partial charge in [0.25, 0.3) is 0 Å². The van der Waals surface area contributed by atoms with Crippen molar-refractivity contribution >= 4 is 34.9 Å². The van der Waals surface area contributed by atoms with E-state index in [-0.39, 0.29) is 91.8 Å². The maximum Gasteiger partial charge on any atom is 0.228 e. The molecule has 0 radical (unpaired) electrons. The molecule has 0 spiro atoms. The molecule has 5 aromatic rings. The number of allylic oxidation sites excluding steroid dienone is 2. The number of hydrogen-bond acceptors (Lipinski definition) is 34. The Balaban J connectivity index is 0.000000204. The van der Waals surface area contributed by atoms with E-state index in [1.807, 2.05) is 69.3 Å². The molecule has 17 rings (SSSR count). The molecule has 12 heterocycles. The number of aromatic hydroxyl groups is 2. The van der Waals surface area contributed by atoms with Crippen molar-refractivity contribution in [3.8, 4) is 11.5 Å². The lowest BCUT2D eigenvalue weighted by atomic mass is 9.84. The van der Waals surface area contributed by atoms with Crippen molar-refractivity contribution in [3.63, 3.8) is 0 Å². The molecule has 0 aliphatic carbocycles. The molecule has 12 aliphatic rings. The fourth-order valence-electron chi connectivity index (χ4n) is 20.4. The highest BCUT2D eigenvalue weighted by Gasteiger charge is 2.38. The smallest absolute Gasteiger partial charge is 0.228 e. The summed E-state index contributed by atoms with van der Waals surface area (Å²) >= 11 is 0. The Kier molecular flexibility index (Phi) is 56.1. The second-order valence-corrected chi connectivity index (χ2v) is 43.5. The van der Waals surface area contributed by atoms with Gasteiger partial charge in [0.1, 0.15) is 17.3 Å². The molecule has 8 bridgehead atoms.